The number of aryl methyl sites for hydroxylation is 1. The van der Waals surface area contributed by atoms with Gasteiger partial charge in [-0.15, -0.1) is 0 Å². The van der Waals surface area contributed by atoms with Crippen molar-refractivity contribution in [1.29, 1.82) is 0 Å². The Balaban J connectivity index is 2.02. The molecule has 3 heteroatoms. The fourth-order valence-corrected chi connectivity index (χ4v) is 2.52. The maximum atomic E-state index is 4.85. The lowest BCUT2D eigenvalue weighted by molar-refractivity contribution is 0.668. The van der Waals surface area contributed by atoms with E-state index in [1.165, 1.54) is 49.2 Å². The van der Waals surface area contributed by atoms with Gasteiger partial charge in [-0.25, -0.2) is 4.98 Å². The van der Waals surface area contributed by atoms with Crippen LogP contribution in [-0.2, 0) is 6.54 Å². The standard InChI is InChI=1S/C17H29N3/c1-4-6-12-20(16-8-9-16)17-10-7-15(14(3)19-17)13-18-11-5-2/h7,10,16,18H,4-6,8-9,11-13H2,1-3H3. The molecule has 1 aliphatic rings. The minimum absolute atomic E-state index is 0.748. The van der Waals surface area contributed by atoms with Crippen molar-refractivity contribution in [3.63, 3.8) is 0 Å². The molecule has 0 saturated heterocycles. The second-order valence-corrected chi connectivity index (χ2v) is 5.87. The van der Waals surface area contributed by atoms with Gasteiger partial charge in [-0.05, 0) is 50.8 Å². The van der Waals surface area contributed by atoms with E-state index in [0.717, 1.165) is 25.7 Å². The van der Waals surface area contributed by atoms with Gasteiger partial charge in [0.25, 0.3) is 0 Å². The third-order valence-electron chi connectivity index (χ3n) is 3.96. The van der Waals surface area contributed by atoms with Crippen LogP contribution in [0.5, 0.6) is 0 Å². The minimum atomic E-state index is 0.748. The van der Waals surface area contributed by atoms with Gasteiger partial charge in [0.15, 0.2) is 0 Å². The van der Waals surface area contributed by atoms with Crippen LogP contribution in [0, 0.1) is 6.92 Å². The first kappa shape index (κ1) is 15.3. The van der Waals surface area contributed by atoms with Gasteiger partial charge in [0, 0.05) is 24.8 Å². The average molecular weight is 275 g/mol. The highest BCUT2D eigenvalue weighted by atomic mass is 15.2. The molecule has 1 aromatic heterocycles. The first-order valence-electron chi connectivity index (χ1n) is 8.20. The maximum Gasteiger partial charge on any atom is 0.129 e. The second-order valence-electron chi connectivity index (χ2n) is 5.87. The monoisotopic (exact) mass is 275 g/mol. The topological polar surface area (TPSA) is 28.2 Å². The quantitative estimate of drug-likeness (QED) is 0.697. The largest absolute Gasteiger partial charge is 0.354 e. The van der Waals surface area contributed by atoms with Gasteiger partial charge in [-0.2, -0.15) is 0 Å². The molecule has 0 radical (unpaired) electrons. The van der Waals surface area contributed by atoms with Crippen molar-refractivity contribution in [1.82, 2.24) is 10.3 Å². The summed E-state index contributed by atoms with van der Waals surface area (Å²) in [6.07, 6.45) is 6.36. The van der Waals surface area contributed by atoms with Crippen molar-refractivity contribution in [2.45, 2.75) is 65.5 Å². The number of nitrogens with zero attached hydrogens (tertiary/aromatic N) is 2. The number of rotatable bonds is 9. The van der Waals surface area contributed by atoms with Crippen molar-refractivity contribution in [3.05, 3.63) is 23.4 Å². The van der Waals surface area contributed by atoms with Gasteiger partial charge < -0.3 is 10.2 Å². The predicted molar refractivity (Wildman–Crippen MR) is 86.2 cm³/mol. The number of anilines is 1. The van der Waals surface area contributed by atoms with E-state index in [1.54, 1.807) is 0 Å². The molecule has 0 aliphatic heterocycles. The first-order chi connectivity index (χ1) is 9.76. The van der Waals surface area contributed by atoms with E-state index in [-0.39, 0.29) is 0 Å². The van der Waals surface area contributed by atoms with Crippen molar-refractivity contribution >= 4 is 5.82 Å². The lowest BCUT2D eigenvalue weighted by atomic mass is 10.2. The molecule has 1 heterocycles. The Labute approximate surface area is 123 Å². The summed E-state index contributed by atoms with van der Waals surface area (Å²) in [4.78, 5) is 7.37. The number of hydrogen-bond acceptors (Lipinski definition) is 3. The summed E-state index contributed by atoms with van der Waals surface area (Å²) in [6.45, 7) is 9.75. The van der Waals surface area contributed by atoms with Gasteiger partial charge in [0.2, 0.25) is 0 Å². The molecule has 0 atom stereocenters. The number of nitrogens with one attached hydrogen (secondary N) is 1. The Hall–Kier alpha value is -1.09. The lowest BCUT2D eigenvalue weighted by Gasteiger charge is -2.24. The molecule has 1 fully saturated rings. The fraction of sp³-hybridized carbons (Fsp3) is 0.706. The minimum Gasteiger partial charge on any atom is -0.354 e. The molecule has 2 rings (SSSR count). The Morgan fingerprint density at radius 2 is 2.05 bits per heavy atom. The summed E-state index contributed by atoms with van der Waals surface area (Å²) in [5.74, 6) is 1.18. The van der Waals surface area contributed by atoms with E-state index in [2.05, 4.69) is 43.1 Å². The number of aromatic nitrogens is 1. The number of hydrogen-bond donors (Lipinski definition) is 1. The van der Waals surface area contributed by atoms with Crippen LogP contribution < -0.4 is 10.2 Å². The van der Waals surface area contributed by atoms with Gasteiger partial charge in [0.05, 0.1) is 0 Å². The van der Waals surface area contributed by atoms with Crippen molar-refractivity contribution in [2.24, 2.45) is 0 Å². The van der Waals surface area contributed by atoms with Crippen LogP contribution in [0.4, 0.5) is 5.82 Å². The summed E-state index contributed by atoms with van der Waals surface area (Å²) in [5.41, 5.74) is 2.50. The van der Waals surface area contributed by atoms with Gasteiger partial charge in [0.1, 0.15) is 5.82 Å². The molecule has 0 unspecified atom stereocenters. The molecular formula is C17H29N3. The molecule has 3 nitrogen and oxygen atoms in total. The molecule has 1 saturated carbocycles. The molecule has 0 aromatic carbocycles. The Morgan fingerprint density at radius 1 is 1.25 bits per heavy atom. The Morgan fingerprint density at radius 3 is 2.65 bits per heavy atom. The van der Waals surface area contributed by atoms with Crippen LogP contribution in [0.15, 0.2) is 12.1 Å². The van der Waals surface area contributed by atoms with Gasteiger partial charge >= 0.3 is 0 Å². The van der Waals surface area contributed by atoms with Crippen LogP contribution in [0.2, 0.25) is 0 Å². The number of pyridine rings is 1. The van der Waals surface area contributed by atoms with Crippen LogP contribution in [0.1, 0.15) is 57.2 Å². The van der Waals surface area contributed by atoms with E-state index in [9.17, 15) is 0 Å². The zero-order valence-corrected chi connectivity index (χ0v) is 13.3. The molecule has 0 amide bonds. The van der Waals surface area contributed by atoms with E-state index in [0.29, 0.717) is 0 Å². The van der Waals surface area contributed by atoms with Gasteiger partial charge in [-0.1, -0.05) is 26.3 Å². The SMILES string of the molecule is CCCCN(c1ccc(CNCCC)c(C)n1)C1CC1. The summed E-state index contributed by atoms with van der Waals surface area (Å²) in [7, 11) is 0. The smallest absolute Gasteiger partial charge is 0.129 e. The third kappa shape index (κ3) is 4.20. The number of unbranched alkanes of at least 4 members (excludes halogenated alkanes) is 1. The van der Waals surface area contributed by atoms with E-state index < -0.39 is 0 Å². The molecule has 1 N–H and O–H groups in total. The second kappa shape index (κ2) is 7.63. The molecule has 1 aliphatic carbocycles. The van der Waals surface area contributed by atoms with Crippen molar-refractivity contribution in [2.75, 3.05) is 18.0 Å². The van der Waals surface area contributed by atoms with E-state index in [1.807, 2.05) is 0 Å². The van der Waals surface area contributed by atoms with Crippen LogP contribution in [0.3, 0.4) is 0 Å². The van der Waals surface area contributed by atoms with Crippen molar-refractivity contribution in [3.8, 4) is 0 Å². The van der Waals surface area contributed by atoms with Gasteiger partial charge in [-0.3, -0.25) is 0 Å². The Bertz CT molecular complexity index is 413. The molecule has 112 valence electrons. The Kier molecular flexibility index (Phi) is 5.84. The zero-order chi connectivity index (χ0) is 14.4. The molecule has 1 aromatic rings. The first-order valence-corrected chi connectivity index (χ1v) is 8.20. The van der Waals surface area contributed by atoms with Crippen LogP contribution in [0.25, 0.3) is 0 Å². The highest BCUT2D eigenvalue weighted by molar-refractivity contribution is 5.44. The highest BCUT2D eigenvalue weighted by Crippen LogP contribution is 2.31. The summed E-state index contributed by atoms with van der Waals surface area (Å²) < 4.78 is 0. The van der Waals surface area contributed by atoms with Crippen LogP contribution >= 0.6 is 0 Å². The summed E-state index contributed by atoms with van der Waals surface area (Å²) in [6, 6.07) is 5.21. The summed E-state index contributed by atoms with van der Waals surface area (Å²) >= 11 is 0. The third-order valence-corrected chi connectivity index (χ3v) is 3.96. The van der Waals surface area contributed by atoms with Crippen molar-refractivity contribution < 1.29 is 0 Å². The average Bonchev–Trinajstić information content (AvgIpc) is 3.26. The molecule has 20 heavy (non-hydrogen) atoms. The molecule has 0 spiro atoms. The zero-order valence-electron chi connectivity index (χ0n) is 13.3. The predicted octanol–water partition coefficient (Wildman–Crippen LogP) is 3.66. The summed E-state index contributed by atoms with van der Waals surface area (Å²) in [5, 5.41) is 3.46. The van der Waals surface area contributed by atoms with E-state index in [4.69, 9.17) is 4.98 Å². The highest BCUT2D eigenvalue weighted by Gasteiger charge is 2.29. The normalized spacial score (nSPS) is 14.6. The fourth-order valence-electron chi connectivity index (χ4n) is 2.52. The van der Waals surface area contributed by atoms with Crippen LogP contribution in [-0.4, -0.2) is 24.1 Å². The maximum absolute atomic E-state index is 4.85. The molecule has 0 bridgehead atoms. The molecular weight excluding hydrogens is 246 g/mol. The van der Waals surface area contributed by atoms with E-state index >= 15 is 0 Å². The lowest BCUT2D eigenvalue weighted by Crippen LogP contribution is -2.28.